The van der Waals surface area contributed by atoms with Gasteiger partial charge in [-0.2, -0.15) is 0 Å². The lowest BCUT2D eigenvalue weighted by Crippen LogP contribution is -2.17. The molecule has 0 saturated heterocycles. The third kappa shape index (κ3) is 4.20. The van der Waals surface area contributed by atoms with Gasteiger partial charge in [-0.15, -0.1) is 0 Å². The number of carbonyl (C=O) groups excluding carboxylic acids is 1. The molecule has 0 unspecified atom stereocenters. The molecule has 0 bridgehead atoms. The van der Waals surface area contributed by atoms with E-state index in [4.69, 9.17) is 4.98 Å². The summed E-state index contributed by atoms with van der Waals surface area (Å²) in [5, 5.41) is 3.76. The molecule has 0 spiro atoms. The van der Waals surface area contributed by atoms with Crippen LogP contribution in [0.3, 0.4) is 0 Å². The molecule has 6 aromatic rings. The number of hydrogen-bond acceptors (Lipinski definition) is 5. The normalized spacial score (nSPS) is 11.5. The van der Waals surface area contributed by atoms with Gasteiger partial charge in [0.15, 0.2) is 5.65 Å². The lowest BCUT2D eigenvalue weighted by Gasteiger charge is -2.09. The van der Waals surface area contributed by atoms with Gasteiger partial charge in [-0.1, -0.05) is 26.0 Å². The van der Waals surface area contributed by atoms with Gasteiger partial charge in [0.2, 0.25) is 5.91 Å². The summed E-state index contributed by atoms with van der Waals surface area (Å²) in [6, 6.07) is 12.1. The molecule has 1 aromatic carbocycles. The van der Waals surface area contributed by atoms with Crippen LogP contribution in [0.1, 0.15) is 13.8 Å². The van der Waals surface area contributed by atoms with E-state index < -0.39 is 0 Å². The summed E-state index contributed by atoms with van der Waals surface area (Å²) in [6.07, 6.45) is 8.67. The zero-order valence-corrected chi connectivity index (χ0v) is 20.1. The quantitative estimate of drug-likeness (QED) is 0.275. The minimum Gasteiger partial charge on any atom is -0.345 e. The van der Waals surface area contributed by atoms with Gasteiger partial charge in [0.25, 0.3) is 0 Å². The highest BCUT2D eigenvalue weighted by molar-refractivity contribution is 5.98. The largest absolute Gasteiger partial charge is 0.345 e. The number of nitrogens with one attached hydrogen (secondary N) is 3. The molecule has 37 heavy (non-hydrogen) atoms. The maximum Gasteiger partial charge on any atom is 0.226 e. The fourth-order valence-corrected chi connectivity index (χ4v) is 4.22. The van der Waals surface area contributed by atoms with E-state index in [0.717, 1.165) is 38.7 Å². The van der Waals surface area contributed by atoms with Crippen molar-refractivity contribution in [3.8, 4) is 33.6 Å². The van der Waals surface area contributed by atoms with Crippen LogP contribution in [0.4, 0.5) is 10.1 Å². The number of aromatic amines is 2. The standard InChI is InChI=1S/C28H22FN7O/c1-15(2)28(37)34-20-9-17(11-30-13-20)18-10-22-23(14-33-25(22)32-12-18)26-35-24-21(7-8-31-27(24)36-26)16-3-5-19(29)6-4-16/h3-15H,1-2H3,(H,32,33)(H,34,37)(H,31,35,36). The van der Waals surface area contributed by atoms with E-state index in [9.17, 15) is 9.18 Å². The Hall–Kier alpha value is -4.92. The molecule has 0 atom stereocenters. The molecule has 0 fully saturated rings. The van der Waals surface area contributed by atoms with Crippen LogP contribution >= 0.6 is 0 Å². The predicted molar refractivity (Wildman–Crippen MR) is 141 cm³/mol. The molecule has 0 aliphatic heterocycles. The van der Waals surface area contributed by atoms with Crippen molar-refractivity contribution in [2.45, 2.75) is 13.8 Å². The summed E-state index contributed by atoms with van der Waals surface area (Å²) < 4.78 is 13.5. The molecule has 0 aliphatic rings. The highest BCUT2D eigenvalue weighted by Crippen LogP contribution is 2.33. The van der Waals surface area contributed by atoms with E-state index in [1.54, 1.807) is 36.9 Å². The van der Waals surface area contributed by atoms with Crippen LogP contribution in [0.15, 0.2) is 73.4 Å². The maximum absolute atomic E-state index is 13.5. The molecule has 5 aromatic heterocycles. The van der Waals surface area contributed by atoms with Gasteiger partial charge in [-0.25, -0.2) is 19.3 Å². The number of nitrogens with zero attached hydrogens (tertiary/aromatic N) is 4. The number of anilines is 1. The average molecular weight is 492 g/mol. The fourth-order valence-electron chi connectivity index (χ4n) is 4.22. The topological polar surface area (TPSA) is 112 Å². The van der Waals surface area contributed by atoms with E-state index in [1.165, 1.54) is 12.1 Å². The lowest BCUT2D eigenvalue weighted by atomic mass is 10.1. The minimum atomic E-state index is -0.288. The summed E-state index contributed by atoms with van der Waals surface area (Å²) in [5.74, 6) is 0.146. The van der Waals surface area contributed by atoms with E-state index in [-0.39, 0.29) is 17.6 Å². The van der Waals surface area contributed by atoms with Crippen molar-refractivity contribution in [3.05, 3.63) is 79.3 Å². The Labute approximate surface area is 211 Å². The van der Waals surface area contributed by atoms with E-state index in [1.807, 2.05) is 38.2 Å². The summed E-state index contributed by atoms with van der Waals surface area (Å²) in [4.78, 5) is 36.7. The van der Waals surface area contributed by atoms with Crippen LogP contribution in [-0.2, 0) is 4.79 Å². The first-order valence-corrected chi connectivity index (χ1v) is 11.8. The highest BCUT2D eigenvalue weighted by atomic mass is 19.1. The molecule has 0 aliphatic carbocycles. The molecule has 0 radical (unpaired) electrons. The Balaban J connectivity index is 1.41. The van der Waals surface area contributed by atoms with E-state index in [2.05, 4.69) is 30.2 Å². The lowest BCUT2D eigenvalue weighted by molar-refractivity contribution is -0.118. The van der Waals surface area contributed by atoms with Crippen molar-refractivity contribution in [3.63, 3.8) is 0 Å². The molecular formula is C28H22FN7O. The summed E-state index contributed by atoms with van der Waals surface area (Å²) in [7, 11) is 0. The van der Waals surface area contributed by atoms with Crippen LogP contribution in [-0.4, -0.2) is 35.8 Å². The number of imidazole rings is 1. The first kappa shape index (κ1) is 22.5. The number of H-pyrrole nitrogens is 2. The van der Waals surface area contributed by atoms with Crippen molar-refractivity contribution in [2.75, 3.05) is 5.32 Å². The Bertz CT molecular complexity index is 1770. The number of pyridine rings is 3. The zero-order valence-electron chi connectivity index (χ0n) is 20.1. The number of carbonyl (C=O) groups is 1. The first-order chi connectivity index (χ1) is 18.0. The number of amides is 1. The zero-order chi connectivity index (χ0) is 25.5. The number of aromatic nitrogens is 6. The monoisotopic (exact) mass is 491 g/mol. The second kappa shape index (κ2) is 8.94. The Morgan fingerprint density at radius 2 is 1.76 bits per heavy atom. The van der Waals surface area contributed by atoms with Crippen LogP contribution in [0, 0.1) is 11.7 Å². The first-order valence-electron chi connectivity index (χ1n) is 11.8. The number of rotatable bonds is 5. The van der Waals surface area contributed by atoms with Crippen molar-refractivity contribution in [2.24, 2.45) is 5.92 Å². The van der Waals surface area contributed by atoms with E-state index >= 15 is 0 Å². The smallest absolute Gasteiger partial charge is 0.226 e. The van der Waals surface area contributed by atoms with Gasteiger partial charge in [0, 0.05) is 58.3 Å². The predicted octanol–water partition coefficient (Wildman–Crippen LogP) is 5.96. The molecule has 1 amide bonds. The Morgan fingerprint density at radius 3 is 2.57 bits per heavy atom. The third-order valence-electron chi connectivity index (χ3n) is 6.20. The third-order valence-corrected chi connectivity index (χ3v) is 6.20. The highest BCUT2D eigenvalue weighted by Gasteiger charge is 2.16. The molecule has 9 heteroatoms. The molecular weight excluding hydrogens is 469 g/mol. The molecule has 0 saturated carbocycles. The van der Waals surface area contributed by atoms with Crippen molar-refractivity contribution >= 4 is 33.8 Å². The van der Waals surface area contributed by atoms with Crippen LogP contribution < -0.4 is 5.32 Å². The fraction of sp³-hybridized carbons (Fsp3) is 0.107. The van der Waals surface area contributed by atoms with Gasteiger partial charge in [0.1, 0.15) is 17.3 Å². The van der Waals surface area contributed by atoms with Crippen molar-refractivity contribution < 1.29 is 9.18 Å². The van der Waals surface area contributed by atoms with Gasteiger partial charge >= 0.3 is 0 Å². The van der Waals surface area contributed by atoms with Crippen molar-refractivity contribution in [1.29, 1.82) is 0 Å². The minimum absolute atomic E-state index is 0.0704. The maximum atomic E-state index is 13.5. The average Bonchev–Trinajstić information content (AvgIpc) is 3.53. The van der Waals surface area contributed by atoms with Gasteiger partial charge in [0.05, 0.1) is 17.4 Å². The molecule has 182 valence electrons. The van der Waals surface area contributed by atoms with Crippen LogP contribution in [0.5, 0.6) is 0 Å². The molecule has 5 heterocycles. The van der Waals surface area contributed by atoms with Crippen LogP contribution in [0.25, 0.3) is 55.8 Å². The Morgan fingerprint density at radius 1 is 0.946 bits per heavy atom. The molecule has 3 N–H and O–H groups in total. The number of hydrogen-bond donors (Lipinski definition) is 3. The summed E-state index contributed by atoms with van der Waals surface area (Å²) in [5.41, 5.74) is 6.93. The second-order valence-electron chi connectivity index (χ2n) is 9.08. The van der Waals surface area contributed by atoms with Crippen LogP contribution in [0.2, 0.25) is 0 Å². The van der Waals surface area contributed by atoms with Crippen molar-refractivity contribution in [1.82, 2.24) is 29.9 Å². The number of fused-ring (bicyclic) bond motifs is 2. The van der Waals surface area contributed by atoms with Gasteiger partial charge in [-0.05, 0) is 35.9 Å². The SMILES string of the molecule is CC(C)C(=O)Nc1cncc(-c2cnc3[nH]cc(-c4nc5nccc(-c6ccc(F)cc6)c5[nH]4)c3c2)c1. The number of halogens is 1. The molecule has 6 rings (SSSR count). The Kier molecular flexibility index (Phi) is 5.45. The summed E-state index contributed by atoms with van der Waals surface area (Å²) in [6.45, 7) is 3.68. The number of benzene rings is 1. The molecule has 8 nitrogen and oxygen atoms in total. The second-order valence-corrected chi connectivity index (χ2v) is 9.08. The van der Waals surface area contributed by atoms with Gasteiger partial charge < -0.3 is 15.3 Å². The van der Waals surface area contributed by atoms with Gasteiger partial charge in [-0.3, -0.25) is 9.78 Å². The summed E-state index contributed by atoms with van der Waals surface area (Å²) >= 11 is 0. The van der Waals surface area contributed by atoms with E-state index in [0.29, 0.717) is 22.8 Å².